The Balaban J connectivity index is 1.98. The third-order valence-electron chi connectivity index (χ3n) is 4.09. The van der Waals surface area contributed by atoms with Gasteiger partial charge < -0.3 is 10.1 Å². The molecule has 31 heavy (non-hydrogen) atoms. The third kappa shape index (κ3) is 6.27. The van der Waals surface area contributed by atoms with Crippen molar-refractivity contribution in [2.24, 2.45) is 4.36 Å². The Kier molecular flexibility index (Phi) is 6.35. The second kappa shape index (κ2) is 8.66. The van der Waals surface area contributed by atoms with Gasteiger partial charge in [0, 0.05) is 33.7 Å². The number of nitrogens with zero attached hydrogens (tertiary/aromatic N) is 3. The molecule has 0 aliphatic rings. The van der Waals surface area contributed by atoms with E-state index in [4.69, 9.17) is 4.74 Å². The smallest absolute Gasteiger partial charge is 0.392 e. The van der Waals surface area contributed by atoms with Gasteiger partial charge in [0.2, 0.25) is 0 Å². The topological polar surface area (TPSA) is 76.5 Å². The van der Waals surface area contributed by atoms with Gasteiger partial charge in [0.15, 0.2) is 0 Å². The Bertz CT molecular complexity index is 1230. The summed E-state index contributed by atoms with van der Waals surface area (Å²) in [7, 11) is -2.37. The monoisotopic (exact) mass is 456 g/mol. The van der Waals surface area contributed by atoms with Gasteiger partial charge in [-0.05, 0) is 36.8 Å². The van der Waals surface area contributed by atoms with E-state index in [1.54, 1.807) is 19.1 Å². The zero-order valence-electron chi connectivity index (χ0n) is 17.0. The first kappa shape index (κ1) is 22.7. The summed E-state index contributed by atoms with van der Waals surface area (Å²) in [5.41, 5.74) is 2.02. The summed E-state index contributed by atoms with van der Waals surface area (Å²) in [5, 5.41) is 3.62. The highest BCUT2D eigenvalue weighted by atomic mass is 32.2. The zero-order valence-corrected chi connectivity index (χ0v) is 17.8. The zero-order chi connectivity index (χ0) is 22.8. The highest BCUT2D eigenvalue weighted by Crippen LogP contribution is 2.34. The van der Waals surface area contributed by atoms with Gasteiger partial charge in [-0.25, -0.2) is 18.6 Å². The summed E-state index contributed by atoms with van der Waals surface area (Å²) >= 11 is 0. The van der Waals surface area contributed by atoms with Crippen molar-refractivity contribution in [2.75, 3.05) is 24.4 Å². The number of benzene rings is 2. The summed E-state index contributed by atoms with van der Waals surface area (Å²) in [6.07, 6.45) is -1.20. The van der Waals surface area contributed by atoms with Crippen molar-refractivity contribution >= 4 is 37.8 Å². The van der Waals surface area contributed by atoms with E-state index in [0.29, 0.717) is 22.4 Å². The fraction of sp³-hybridized carbons (Fsp3) is 0.300. The Hall–Kier alpha value is -2.95. The highest BCUT2D eigenvalue weighted by Gasteiger charge is 2.27. The molecule has 0 radical (unpaired) electrons. The average molecular weight is 456 g/mol. The molecular weight excluding hydrogens is 436 g/mol. The molecule has 1 N–H and O–H groups in total. The molecule has 1 heterocycles. The molecule has 3 aromatic rings. The van der Waals surface area contributed by atoms with Crippen LogP contribution in [0, 0.1) is 12.7 Å². The lowest BCUT2D eigenvalue weighted by molar-refractivity contribution is -0.139. The van der Waals surface area contributed by atoms with Crippen molar-refractivity contribution in [2.45, 2.75) is 19.5 Å². The molecular formula is C20H20F4N4O2S. The molecule has 0 saturated carbocycles. The van der Waals surface area contributed by atoms with E-state index in [1.807, 2.05) is 0 Å². The van der Waals surface area contributed by atoms with Crippen molar-refractivity contribution in [3.63, 3.8) is 0 Å². The van der Waals surface area contributed by atoms with Crippen LogP contribution >= 0.6 is 0 Å². The number of hydrogen-bond donors (Lipinski definition) is 1. The van der Waals surface area contributed by atoms with Crippen LogP contribution in [0.4, 0.5) is 34.8 Å². The lowest BCUT2D eigenvalue weighted by Gasteiger charge is -2.15. The molecule has 0 aliphatic carbocycles. The van der Waals surface area contributed by atoms with E-state index in [-0.39, 0.29) is 11.4 Å². The minimum Gasteiger partial charge on any atom is -0.491 e. The molecule has 11 heteroatoms. The van der Waals surface area contributed by atoms with Gasteiger partial charge in [0.25, 0.3) is 0 Å². The molecule has 0 fully saturated rings. The average Bonchev–Trinajstić information content (AvgIpc) is 2.61. The normalized spacial score (nSPS) is 12.1. The van der Waals surface area contributed by atoms with Crippen LogP contribution in [-0.2, 0) is 9.73 Å². The summed E-state index contributed by atoms with van der Waals surface area (Å²) in [4.78, 5) is 8.44. The van der Waals surface area contributed by atoms with Crippen molar-refractivity contribution < 1.29 is 26.5 Å². The molecule has 0 bridgehead atoms. The number of aryl methyl sites for hydroxylation is 1. The summed E-state index contributed by atoms with van der Waals surface area (Å²) in [6, 6.07) is 6.91. The van der Waals surface area contributed by atoms with Crippen molar-refractivity contribution in [1.82, 2.24) is 9.97 Å². The lowest BCUT2D eigenvalue weighted by Crippen LogP contribution is -2.13. The second-order valence-electron chi connectivity index (χ2n) is 7.13. The molecule has 6 nitrogen and oxygen atoms in total. The van der Waals surface area contributed by atoms with E-state index in [2.05, 4.69) is 19.6 Å². The molecule has 2 aromatic carbocycles. The standard InChI is InChI=1S/C20H20F4N4O2S/c1-12-8-14(28-31(2,3)29)10-16-18(12)19(26-11-25-16)27-15-5-4-13(21)9-17(15)30-7-6-20(22,23)24/h4-5,8-11H,6-7H2,1-3H3,(H,25,26,27). The molecule has 3 rings (SSSR count). The number of fused-ring (bicyclic) bond motifs is 1. The Morgan fingerprint density at radius 2 is 1.90 bits per heavy atom. The molecule has 166 valence electrons. The summed E-state index contributed by atoms with van der Waals surface area (Å²) in [5.74, 6) is -0.364. The number of nitrogens with one attached hydrogen (secondary N) is 1. The summed E-state index contributed by atoms with van der Waals surface area (Å²) < 4.78 is 72.3. The summed E-state index contributed by atoms with van der Waals surface area (Å²) in [6.45, 7) is 1.15. The molecule has 0 spiro atoms. The van der Waals surface area contributed by atoms with Crippen molar-refractivity contribution in [3.8, 4) is 5.75 Å². The quantitative estimate of drug-likeness (QED) is 0.495. The van der Waals surface area contributed by atoms with Crippen LogP contribution in [0.25, 0.3) is 10.9 Å². The SMILES string of the molecule is Cc1cc(N=S(C)(C)=O)cc2ncnc(Nc3ccc(F)cc3OCCC(F)(F)F)c12. The van der Waals surface area contributed by atoms with Gasteiger partial charge in [-0.1, -0.05) is 0 Å². The maximum absolute atomic E-state index is 13.7. The number of anilines is 2. The van der Waals surface area contributed by atoms with E-state index < -0.39 is 34.8 Å². The second-order valence-corrected chi connectivity index (χ2v) is 9.68. The van der Waals surface area contributed by atoms with Crippen molar-refractivity contribution in [3.05, 3.63) is 48.0 Å². The first-order valence-corrected chi connectivity index (χ1v) is 11.4. The Labute approximate surface area is 176 Å². The minimum absolute atomic E-state index is 0.0722. The van der Waals surface area contributed by atoms with Crippen LogP contribution in [0.2, 0.25) is 0 Å². The van der Waals surface area contributed by atoms with Crippen molar-refractivity contribution in [1.29, 1.82) is 0 Å². The maximum Gasteiger partial charge on any atom is 0.392 e. The van der Waals surface area contributed by atoms with Crippen LogP contribution in [0.3, 0.4) is 0 Å². The van der Waals surface area contributed by atoms with E-state index >= 15 is 0 Å². The van der Waals surface area contributed by atoms with Gasteiger partial charge in [0.1, 0.15) is 23.7 Å². The van der Waals surface area contributed by atoms with E-state index in [1.165, 1.54) is 24.9 Å². The molecule has 1 aromatic heterocycles. The van der Waals surface area contributed by atoms with E-state index in [0.717, 1.165) is 17.7 Å². The number of aromatic nitrogens is 2. The highest BCUT2D eigenvalue weighted by molar-refractivity contribution is 7.92. The number of hydrogen-bond acceptors (Lipinski definition) is 6. The molecule has 0 aliphatic heterocycles. The van der Waals surface area contributed by atoms with E-state index in [9.17, 15) is 21.8 Å². The number of ether oxygens (including phenoxy) is 1. The van der Waals surface area contributed by atoms with Crippen LogP contribution < -0.4 is 10.1 Å². The first-order chi connectivity index (χ1) is 14.4. The Morgan fingerprint density at radius 3 is 2.58 bits per heavy atom. The number of rotatable bonds is 6. The maximum atomic E-state index is 13.7. The predicted octanol–water partition coefficient (Wildman–Crippen LogP) is 5.51. The van der Waals surface area contributed by atoms with Gasteiger partial charge in [0.05, 0.1) is 29.9 Å². The number of alkyl halides is 3. The lowest BCUT2D eigenvalue weighted by atomic mass is 10.1. The van der Waals surface area contributed by atoms with Crippen LogP contribution in [0.1, 0.15) is 12.0 Å². The van der Waals surface area contributed by atoms with Crippen LogP contribution in [0.15, 0.2) is 41.0 Å². The third-order valence-corrected chi connectivity index (χ3v) is 4.74. The van der Waals surface area contributed by atoms with Gasteiger partial charge >= 0.3 is 6.18 Å². The molecule has 0 atom stereocenters. The Morgan fingerprint density at radius 1 is 1.16 bits per heavy atom. The molecule has 0 amide bonds. The van der Waals surface area contributed by atoms with Gasteiger partial charge in [-0.3, -0.25) is 0 Å². The predicted molar refractivity (Wildman–Crippen MR) is 112 cm³/mol. The fourth-order valence-electron chi connectivity index (χ4n) is 2.90. The van der Waals surface area contributed by atoms with Gasteiger partial charge in [-0.2, -0.15) is 17.5 Å². The number of halogens is 4. The first-order valence-electron chi connectivity index (χ1n) is 9.10. The van der Waals surface area contributed by atoms with Crippen LogP contribution in [0.5, 0.6) is 5.75 Å². The molecule has 0 unspecified atom stereocenters. The van der Waals surface area contributed by atoms with Crippen LogP contribution in [-0.4, -0.2) is 39.5 Å². The largest absolute Gasteiger partial charge is 0.491 e. The molecule has 0 saturated heterocycles. The van der Waals surface area contributed by atoms with Gasteiger partial charge in [-0.15, -0.1) is 0 Å². The fourth-order valence-corrected chi connectivity index (χ4v) is 3.51. The minimum atomic E-state index is -4.38.